The first-order valence-electron chi connectivity index (χ1n) is 11.1. The summed E-state index contributed by atoms with van der Waals surface area (Å²) >= 11 is 0. The van der Waals surface area contributed by atoms with Gasteiger partial charge in [0, 0.05) is 35.1 Å². The maximum absolute atomic E-state index is 10.8. The number of hydrogen-bond donors (Lipinski definition) is 1. The summed E-state index contributed by atoms with van der Waals surface area (Å²) in [6.45, 7) is 5.13. The molecule has 0 unspecified atom stereocenters. The summed E-state index contributed by atoms with van der Waals surface area (Å²) in [4.78, 5) is 0. The lowest BCUT2D eigenvalue weighted by Crippen LogP contribution is -2.25. The molecule has 1 aromatic heterocycles. The molecule has 31 heavy (non-hydrogen) atoms. The van der Waals surface area contributed by atoms with Crippen molar-refractivity contribution in [3.63, 3.8) is 0 Å². The van der Waals surface area contributed by atoms with E-state index < -0.39 is 0 Å². The van der Waals surface area contributed by atoms with Crippen LogP contribution in [0.2, 0.25) is 0 Å². The molecule has 0 saturated carbocycles. The quantitative estimate of drug-likeness (QED) is 0.407. The average Bonchev–Trinajstić information content (AvgIpc) is 3.31. The molecule has 4 aromatic rings. The topological polar surface area (TPSA) is 34.4 Å². The van der Waals surface area contributed by atoms with Crippen molar-refractivity contribution in [1.29, 1.82) is 0 Å². The second-order valence-corrected chi connectivity index (χ2v) is 9.21. The van der Waals surface area contributed by atoms with E-state index in [0.717, 1.165) is 24.9 Å². The maximum atomic E-state index is 10.8. The third kappa shape index (κ3) is 3.86. The lowest BCUT2D eigenvalue weighted by Gasteiger charge is -2.27. The summed E-state index contributed by atoms with van der Waals surface area (Å²) < 4.78 is 8.86. The van der Waals surface area contributed by atoms with E-state index in [9.17, 15) is 5.11 Å². The van der Waals surface area contributed by atoms with Gasteiger partial charge in [-0.2, -0.15) is 0 Å². The Balaban J connectivity index is 1.66. The minimum absolute atomic E-state index is 0.0232. The Kier molecular flexibility index (Phi) is 5.07. The van der Waals surface area contributed by atoms with Gasteiger partial charge < -0.3 is 14.4 Å². The van der Waals surface area contributed by atoms with Crippen molar-refractivity contribution in [2.24, 2.45) is 0 Å². The standard InChI is InChI=1S/C28H29NO2/c1-28(2)17-16-26(31-28)27(22-13-7-9-15-25(22)30)23-19-29(18-20-10-4-3-5-11-20)24-14-8-6-12-21(23)24/h3-15,19,26-27,30H,16-18H2,1-2H3/t26-,27+/m1/s1. The summed E-state index contributed by atoms with van der Waals surface area (Å²) in [7, 11) is 0. The first-order chi connectivity index (χ1) is 15.0. The molecule has 3 heteroatoms. The van der Waals surface area contributed by atoms with Crippen LogP contribution in [0.4, 0.5) is 0 Å². The minimum Gasteiger partial charge on any atom is -0.508 e. The Morgan fingerprint density at radius 3 is 2.39 bits per heavy atom. The van der Waals surface area contributed by atoms with Gasteiger partial charge in [-0.15, -0.1) is 0 Å². The van der Waals surface area contributed by atoms with Crippen LogP contribution < -0.4 is 0 Å². The number of para-hydroxylation sites is 2. The van der Waals surface area contributed by atoms with E-state index in [2.05, 4.69) is 79.2 Å². The van der Waals surface area contributed by atoms with Crippen LogP contribution in [0.3, 0.4) is 0 Å². The van der Waals surface area contributed by atoms with Crippen molar-refractivity contribution in [2.45, 2.75) is 50.9 Å². The highest BCUT2D eigenvalue weighted by Crippen LogP contribution is 2.45. The molecule has 1 aliphatic heterocycles. The summed E-state index contributed by atoms with van der Waals surface area (Å²) in [6.07, 6.45) is 4.29. The lowest BCUT2D eigenvalue weighted by atomic mass is 9.84. The number of benzene rings is 3. The van der Waals surface area contributed by atoms with Crippen molar-refractivity contribution >= 4 is 10.9 Å². The molecule has 0 spiro atoms. The zero-order valence-corrected chi connectivity index (χ0v) is 18.2. The number of rotatable bonds is 5. The third-order valence-corrected chi connectivity index (χ3v) is 6.50. The molecule has 2 atom stereocenters. The first-order valence-corrected chi connectivity index (χ1v) is 11.1. The van der Waals surface area contributed by atoms with Gasteiger partial charge in [0.05, 0.1) is 11.7 Å². The van der Waals surface area contributed by atoms with Crippen molar-refractivity contribution < 1.29 is 9.84 Å². The zero-order chi connectivity index (χ0) is 21.4. The van der Waals surface area contributed by atoms with E-state index in [1.54, 1.807) is 6.07 Å². The van der Waals surface area contributed by atoms with Crippen molar-refractivity contribution in [2.75, 3.05) is 0 Å². The minimum atomic E-state index is -0.143. The molecule has 158 valence electrons. The Morgan fingerprint density at radius 2 is 1.65 bits per heavy atom. The van der Waals surface area contributed by atoms with Crippen LogP contribution in [-0.4, -0.2) is 21.4 Å². The SMILES string of the molecule is CC1(C)CC[C@H]([C@@H](c2ccccc2O)c2cn(Cc3ccccc3)c3ccccc23)O1. The van der Waals surface area contributed by atoms with E-state index >= 15 is 0 Å². The molecule has 1 N–H and O–H groups in total. The van der Waals surface area contributed by atoms with Gasteiger partial charge in [0.25, 0.3) is 0 Å². The molecular weight excluding hydrogens is 382 g/mol. The second kappa shape index (κ2) is 7.90. The fourth-order valence-electron chi connectivity index (χ4n) is 5.00. The Labute approximate surface area is 183 Å². The van der Waals surface area contributed by atoms with Gasteiger partial charge in [-0.1, -0.05) is 66.7 Å². The number of aromatic nitrogens is 1. The molecule has 1 fully saturated rings. The molecule has 0 radical (unpaired) electrons. The summed E-state index contributed by atoms with van der Waals surface area (Å²) in [5.74, 6) is 0.311. The normalized spacial score (nSPS) is 19.0. The predicted octanol–water partition coefficient (Wildman–Crippen LogP) is 6.48. The number of aromatic hydroxyl groups is 1. The highest BCUT2D eigenvalue weighted by atomic mass is 16.5. The highest BCUT2D eigenvalue weighted by Gasteiger charge is 2.39. The Morgan fingerprint density at radius 1 is 0.935 bits per heavy atom. The van der Waals surface area contributed by atoms with Crippen LogP contribution in [0.15, 0.2) is 85.1 Å². The molecule has 1 saturated heterocycles. The van der Waals surface area contributed by atoms with Gasteiger partial charge in [-0.3, -0.25) is 0 Å². The third-order valence-electron chi connectivity index (χ3n) is 6.50. The van der Waals surface area contributed by atoms with Crippen molar-refractivity contribution in [3.8, 4) is 5.75 Å². The Hall–Kier alpha value is -3.04. The summed E-state index contributed by atoms with van der Waals surface area (Å²) in [5, 5.41) is 12.0. The van der Waals surface area contributed by atoms with Crippen LogP contribution in [0.25, 0.3) is 10.9 Å². The van der Waals surface area contributed by atoms with Gasteiger partial charge in [0.15, 0.2) is 0 Å². The summed E-state index contributed by atoms with van der Waals surface area (Å²) in [6, 6.07) is 26.8. The smallest absolute Gasteiger partial charge is 0.119 e. The molecule has 1 aliphatic rings. The van der Waals surface area contributed by atoms with Crippen LogP contribution in [-0.2, 0) is 11.3 Å². The first kappa shape index (κ1) is 19.9. The monoisotopic (exact) mass is 411 g/mol. The van der Waals surface area contributed by atoms with Crippen LogP contribution in [0.5, 0.6) is 5.75 Å². The van der Waals surface area contributed by atoms with Gasteiger partial charge >= 0.3 is 0 Å². The van der Waals surface area contributed by atoms with E-state index in [1.807, 2.05) is 18.2 Å². The fraction of sp³-hybridized carbons (Fsp3) is 0.286. The largest absolute Gasteiger partial charge is 0.508 e. The van der Waals surface area contributed by atoms with Gasteiger partial charge in [-0.05, 0) is 49.9 Å². The zero-order valence-electron chi connectivity index (χ0n) is 18.2. The van der Waals surface area contributed by atoms with E-state index in [4.69, 9.17) is 4.74 Å². The predicted molar refractivity (Wildman–Crippen MR) is 126 cm³/mol. The number of ether oxygens (including phenoxy) is 1. The highest BCUT2D eigenvalue weighted by molar-refractivity contribution is 5.85. The van der Waals surface area contributed by atoms with Gasteiger partial charge in [-0.25, -0.2) is 0 Å². The van der Waals surface area contributed by atoms with Gasteiger partial charge in [0.2, 0.25) is 0 Å². The number of phenols is 1. The van der Waals surface area contributed by atoms with Crippen LogP contribution in [0, 0.1) is 0 Å². The molecule has 0 amide bonds. The van der Waals surface area contributed by atoms with Crippen LogP contribution in [0.1, 0.15) is 49.3 Å². The molecule has 3 aromatic carbocycles. The second-order valence-electron chi connectivity index (χ2n) is 9.21. The maximum Gasteiger partial charge on any atom is 0.119 e. The van der Waals surface area contributed by atoms with Crippen molar-refractivity contribution in [3.05, 3.63) is 102 Å². The van der Waals surface area contributed by atoms with E-state index in [1.165, 1.54) is 22.0 Å². The molecule has 0 aliphatic carbocycles. The molecular formula is C28H29NO2. The number of nitrogens with zero attached hydrogens (tertiary/aromatic N) is 1. The molecule has 2 heterocycles. The number of fused-ring (bicyclic) bond motifs is 1. The van der Waals surface area contributed by atoms with Crippen molar-refractivity contribution in [1.82, 2.24) is 4.57 Å². The number of phenolic OH excluding ortho intramolecular Hbond substituents is 1. The fourth-order valence-corrected chi connectivity index (χ4v) is 5.00. The summed E-state index contributed by atoms with van der Waals surface area (Å²) in [5.41, 5.74) is 4.49. The van der Waals surface area contributed by atoms with E-state index in [0.29, 0.717) is 5.75 Å². The van der Waals surface area contributed by atoms with Crippen LogP contribution >= 0.6 is 0 Å². The molecule has 0 bridgehead atoms. The molecule has 3 nitrogen and oxygen atoms in total. The average molecular weight is 412 g/mol. The van der Waals surface area contributed by atoms with Gasteiger partial charge in [0.1, 0.15) is 5.75 Å². The Bertz CT molecular complexity index is 1190. The number of hydrogen-bond acceptors (Lipinski definition) is 2. The van der Waals surface area contributed by atoms with E-state index in [-0.39, 0.29) is 17.6 Å². The lowest BCUT2D eigenvalue weighted by molar-refractivity contribution is -0.0216. The molecule has 5 rings (SSSR count).